The molecule has 28 heavy (non-hydrogen) atoms. The molecule has 1 aliphatic rings. The van der Waals surface area contributed by atoms with Crippen LogP contribution in [-0.2, 0) is 19.5 Å². The van der Waals surface area contributed by atoms with Crippen molar-refractivity contribution in [1.82, 2.24) is 14.9 Å². The standard InChI is InChI=1S/C22H23N3O3/c1-2-28-20-12-15(8-9-19(20)26)13-25-11-10-17-18(14-25)23-21(24-22(17)27)16-6-4-3-5-7-16/h3-9,12,26H,2,10-11,13-14H2,1H3,(H,23,24,27). The summed E-state index contributed by atoms with van der Waals surface area (Å²) in [6.07, 6.45) is 0.670. The minimum atomic E-state index is -0.0493. The van der Waals surface area contributed by atoms with Crippen molar-refractivity contribution in [2.24, 2.45) is 0 Å². The number of hydrogen-bond donors (Lipinski definition) is 2. The fourth-order valence-corrected chi connectivity index (χ4v) is 3.55. The molecule has 4 rings (SSSR count). The molecule has 0 radical (unpaired) electrons. The molecular weight excluding hydrogens is 354 g/mol. The third kappa shape index (κ3) is 3.77. The van der Waals surface area contributed by atoms with Crippen molar-refractivity contribution < 1.29 is 9.84 Å². The molecule has 0 unspecified atom stereocenters. The molecule has 6 heteroatoms. The number of hydrogen-bond acceptors (Lipinski definition) is 5. The van der Waals surface area contributed by atoms with Gasteiger partial charge in [-0.1, -0.05) is 36.4 Å². The summed E-state index contributed by atoms with van der Waals surface area (Å²) in [5, 5.41) is 9.88. The smallest absolute Gasteiger partial charge is 0.254 e. The first kappa shape index (κ1) is 18.3. The van der Waals surface area contributed by atoms with Crippen LogP contribution in [0.15, 0.2) is 53.3 Å². The Hall–Kier alpha value is -3.12. The summed E-state index contributed by atoms with van der Waals surface area (Å²) >= 11 is 0. The maximum atomic E-state index is 12.5. The second-order valence-electron chi connectivity index (χ2n) is 6.90. The van der Waals surface area contributed by atoms with E-state index in [1.807, 2.05) is 49.4 Å². The zero-order valence-electron chi connectivity index (χ0n) is 15.8. The number of aromatic nitrogens is 2. The number of nitrogens with zero attached hydrogens (tertiary/aromatic N) is 2. The summed E-state index contributed by atoms with van der Waals surface area (Å²) in [6.45, 7) is 4.50. The van der Waals surface area contributed by atoms with Gasteiger partial charge in [0.25, 0.3) is 5.56 Å². The van der Waals surface area contributed by atoms with Crippen LogP contribution in [0.2, 0.25) is 0 Å². The number of ether oxygens (including phenoxy) is 1. The van der Waals surface area contributed by atoms with E-state index >= 15 is 0 Å². The van der Waals surface area contributed by atoms with E-state index in [0.29, 0.717) is 37.7 Å². The second kappa shape index (κ2) is 7.86. The Morgan fingerprint density at radius 1 is 1.21 bits per heavy atom. The van der Waals surface area contributed by atoms with E-state index in [1.165, 1.54) is 0 Å². The molecule has 6 nitrogen and oxygen atoms in total. The van der Waals surface area contributed by atoms with E-state index in [1.54, 1.807) is 6.07 Å². The highest BCUT2D eigenvalue weighted by Gasteiger charge is 2.21. The predicted molar refractivity (Wildman–Crippen MR) is 107 cm³/mol. The average molecular weight is 377 g/mol. The molecule has 0 atom stereocenters. The lowest BCUT2D eigenvalue weighted by Crippen LogP contribution is -2.35. The van der Waals surface area contributed by atoms with Gasteiger partial charge in [0.05, 0.1) is 12.3 Å². The molecule has 144 valence electrons. The quantitative estimate of drug-likeness (QED) is 0.714. The lowest BCUT2D eigenvalue weighted by molar-refractivity contribution is 0.239. The monoisotopic (exact) mass is 377 g/mol. The van der Waals surface area contributed by atoms with Gasteiger partial charge in [-0.15, -0.1) is 0 Å². The van der Waals surface area contributed by atoms with E-state index < -0.39 is 0 Å². The van der Waals surface area contributed by atoms with Crippen molar-refractivity contribution in [1.29, 1.82) is 0 Å². The van der Waals surface area contributed by atoms with Crippen molar-refractivity contribution in [3.63, 3.8) is 0 Å². The highest BCUT2D eigenvalue weighted by atomic mass is 16.5. The first-order chi connectivity index (χ1) is 13.6. The Bertz CT molecular complexity index is 1030. The lowest BCUT2D eigenvalue weighted by Gasteiger charge is -2.28. The largest absolute Gasteiger partial charge is 0.504 e. The van der Waals surface area contributed by atoms with Crippen molar-refractivity contribution >= 4 is 0 Å². The maximum absolute atomic E-state index is 12.5. The summed E-state index contributed by atoms with van der Waals surface area (Å²) < 4.78 is 5.48. The molecule has 0 amide bonds. The molecule has 1 aliphatic heterocycles. The third-order valence-electron chi connectivity index (χ3n) is 4.93. The van der Waals surface area contributed by atoms with E-state index in [0.717, 1.165) is 28.9 Å². The number of H-pyrrole nitrogens is 1. The van der Waals surface area contributed by atoms with Crippen LogP contribution in [0.4, 0.5) is 0 Å². The van der Waals surface area contributed by atoms with Gasteiger partial charge in [0.1, 0.15) is 5.82 Å². The molecule has 0 fully saturated rings. The minimum absolute atomic E-state index is 0.0493. The molecule has 3 aromatic rings. The van der Waals surface area contributed by atoms with Gasteiger partial charge in [-0.25, -0.2) is 4.98 Å². The fraction of sp³-hybridized carbons (Fsp3) is 0.273. The Morgan fingerprint density at radius 2 is 2.04 bits per heavy atom. The van der Waals surface area contributed by atoms with Gasteiger partial charge in [-0.3, -0.25) is 9.69 Å². The van der Waals surface area contributed by atoms with E-state index in [2.05, 4.69) is 9.88 Å². The van der Waals surface area contributed by atoms with Gasteiger partial charge in [-0.05, 0) is 31.0 Å². The van der Waals surface area contributed by atoms with Crippen LogP contribution < -0.4 is 10.3 Å². The number of phenols is 1. The molecule has 0 aliphatic carbocycles. The number of benzene rings is 2. The van der Waals surface area contributed by atoms with Crippen LogP contribution in [0.25, 0.3) is 11.4 Å². The molecule has 0 saturated heterocycles. The van der Waals surface area contributed by atoms with E-state index in [4.69, 9.17) is 9.72 Å². The molecule has 0 bridgehead atoms. The molecule has 1 aromatic heterocycles. The summed E-state index contributed by atoms with van der Waals surface area (Å²) in [7, 11) is 0. The van der Waals surface area contributed by atoms with Gasteiger partial charge >= 0.3 is 0 Å². The zero-order valence-corrected chi connectivity index (χ0v) is 15.8. The molecular formula is C22H23N3O3. The SMILES string of the molecule is CCOc1cc(CN2CCc3c(nc(-c4ccccc4)[nH]c3=O)C2)ccc1O. The minimum Gasteiger partial charge on any atom is -0.504 e. The number of rotatable bonds is 5. The normalized spacial score (nSPS) is 13.9. The van der Waals surface area contributed by atoms with E-state index in [9.17, 15) is 9.90 Å². The number of phenolic OH excluding ortho intramolecular Hbond substituents is 1. The van der Waals surface area contributed by atoms with E-state index in [-0.39, 0.29) is 11.3 Å². The first-order valence-electron chi connectivity index (χ1n) is 9.48. The van der Waals surface area contributed by atoms with Crippen molar-refractivity contribution in [3.8, 4) is 22.9 Å². The molecule has 2 aromatic carbocycles. The fourth-order valence-electron chi connectivity index (χ4n) is 3.55. The number of aromatic hydroxyl groups is 1. The van der Waals surface area contributed by atoms with Crippen LogP contribution in [0, 0.1) is 0 Å². The van der Waals surface area contributed by atoms with Crippen molar-refractivity contribution in [3.05, 3.63) is 75.7 Å². The van der Waals surface area contributed by atoms with Gasteiger partial charge in [0.2, 0.25) is 0 Å². The Morgan fingerprint density at radius 3 is 2.82 bits per heavy atom. The Kier molecular flexibility index (Phi) is 5.12. The summed E-state index contributed by atoms with van der Waals surface area (Å²) in [6, 6.07) is 15.1. The maximum Gasteiger partial charge on any atom is 0.254 e. The number of fused-ring (bicyclic) bond motifs is 1. The van der Waals surface area contributed by atoms with Gasteiger partial charge in [0.15, 0.2) is 11.5 Å². The number of nitrogens with one attached hydrogen (secondary N) is 1. The summed E-state index contributed by atoms with van der Waals surface area (Å²) in [5.41, 5.74) is 3.51. The first-order valence-corrected chi connectivity index (χ1v) is 9.48. The molecule has 0 spiro atoms. The van der Waals surface area contributed by atoms with Crippen LogP contribution in [-0.4, -0.2) is 33.1 Å². The highest BCUT2D eigenvalue weighted by Crippen LogP contribution is 2.28. The molecule has 2 heterocycles. The van der Waals surface area contributed by atoms with Crippen LogP contribution in [0.5, 0.6) is 11.5 Å². The molecule has 2 N–H and O–H groups in total. The Balaban J connectivity index is 1.57. The van der Waals surface area contributed by atoms with Crippen molar-refractivity contribution in [2.45, 2.75) is 26.4 Å². The summed E-state index contributed by atoms with van der Waals surface area (Å²) in [5.74, 6) is 1.25. The third-order valence-corrected chi connectivity index (χ3v) is 4.93. The topological polar surface area (TPSA) is 78.5 Å². The lowest BCUT2D eigenvalue weighted by atomic mass is 10.0. The average Bonchev–Trinajstić information content (AvgIpc) is 2.71. The zero-order chi connectivity index (χ0) is 19.5. The van der Waals surface area contributed by atoms with Crippen molar-refractivity contribution in [2.75, 3.05) is 13.2 Å². The Labute approximate surface area is 163 Å². The molecule has 0 saturated carbocycles. The summed E-state index contributed by atoms with van der Waals surface area (Å²) in [4.78, 5) is 22.4. The second-order valence-corrected chi connectivity index (χ2v) is 6.90. The van der Waals surface area contributed by atoms with Gasteiger partial charge < -0.3 is 14.8 Å². The van der Waals surface area contributed by atoms with Gasteiger partial charge in [-0.2, -0.15) is 0 Å². The van der Waals surface area contributed by atoms with Crippen LogP contribution >= 0.6 is 0 Å². The number of aromatic amines is 1. The predicted octanol–water partition coefficient (Wildman–Crippen LogP) is 3.10. The van der Waals surface area contributed by atoms with Crippen LogP contribution in [0.1, 0.15) is 23.7 Å². The van der Waals surface area contributed by atoms with Crippen LogP contribution in [0.3, 0.4) is 0 Å². The van der Waals surface area contributed by atoms with Gasteiger partial charge in [0, 0.05) is 30.8 Å². The highest BCUT2D eigenvalue weighted by molar-refractivity contribution is 5.54.